The SMILES string of the molecule is C=CCOc1ccc([C@H]2Oc3ccc(Br)cc3[C@@H]3CC(c4ccccc4)=NN23)cc1. The van der Waals surface area contributed by atoms with Gasteiger partial charge in [-0.25, -0.2) is 5.01 Å². The van der Waals surface area contributed by atoms with E-state index in [1.165, 1.54) is 0 Å². The van der Waals surface area contributed by atoms with Crippen molar-refractivity contribution in [2.24, 2.45) is 5.10 Å². The van der Waals surface area contributed by atoms with Crippen LogP contribution in [0.1, 0.15) is 35.4 Å². The number of halogens is 1. The van der Waals surface area contributed by atoms with E-state index >= 15 is 0 Å². The molecule has 0 aliphatic carbocycles. The normalized spacial score (nSPS) is 19.4. The van der Waals surface area contributed by atoms with Gasteiger partial charge < -0.3 is 9.47 Å². The standard InChI is InChI=1S/C25H21BrN2O2/c1-2-14-29-20-11-8-18(9-12-20)25-28-23(21-15-19(26)10-13-24(21)30-25)16-22(27-28)17-6-4-3-5-7-17/h2-13,15,23,25H,1,14,16H2/t23-,25+/m0/s1. The second kappa shape index (κ2) is 8.00. The summed E-state index contributed by atoms with van der Waals surface area (Å²) in [6, 6.07) is 24.7. The van der Waals surface area contributed by atoms with Crippen molar-refractivity contribution in [1.82, 2.24) is 5.01 Å². The van der Waals surface area contributed by atoms with Crippen LogP contribution in [-0.2, 0) is 0 Å². The summed E-state index contributed by atoms with van der Waals surface area (Å²) in [6.07, 6.45) is 2.29. The second-order valence-corrected chi connectivity index (χ2v) is 8.25. The van der Waals surface area contributed by atoms with Crippen molar-refractivity contribution >= 4 is 21.6 Å². The van der Waals surface area contributed by atoms with E-state index in [4.69, 9.17) is 14.6 Å². The highest BCUT2D eigenvalue weighted by Gasteiger charge is 2.41. The highest BCUT2D eigenvalue weighted by Crippen LogP contribution is 2.48. The quantitative estimate of drug-likeness (QED) is 0.421. The molecule has 5 rings (SSSR count). The number of ether oxygens (including phenoxy) is 2. The van der Waals surface area contributed by atoms with Gasteiger partial charge in [0.25, 0.3) is 0 Å². The topological polar surface area (TPSA) is 34.1 Å². The molecule has 0 saturated carbocycles. The molecule has 0 spiro atoms. The molecular weight excluding hydrogens is 440 g/mol. The number of hydrazone groups is 1. The smallest absolute Gasteiger partial charge is 0.213 e. The summed E-state index contributed by atoms with van der Waals surface area (Å²) >= 11 is 3.60. The summed E-state index contributed by atoms with van der Waals surface area (Å²) in [6.45, 7) is 4.18. The molecule has 0 saturated heterocycles. The molecule has 2 atom stereocenters. The fourth-order valence-corrected chi connectivity index (χ4v) is 4.35. The average molecular weight is 461 g/mol. The third kappa shape index (κ3) is 3.50. The van der Waals surface area contributed by atoms with Gasteiger partial charge in [0.2, 0.25) is 6.23 Å². The van der Waals surface area contributed by atoms with E-state index in [0.717, 1.165) is 44.8 Å². The first-order chi connectivity index (χ1) is 14.7. The summed E-state index contributed by atoms with van der Waals surface area (Å²) in [5.41, 5.74) is 4.42. The van der Waals surface area contributed by atoms with Crippen molar-refractivity contribution in [1.29, 1.82) is 0 Å². The van der Waals surface area contributed by atoms with Crippen LogP contribution in [0, 0.1) is 0 Å². The van der Waals surface area contributed by atoms with Crippen LogP contribution in [0.5, 0.6) is 11.5 Å². The molecule has 3 aromatic rings. The Kier molecular flexibility index (Phi) is 5.05. The molecule has 0 unspecified atom stereocenters. The maximum absolute atomic E-state index is 6.43. The van der Waals surface area contributed by atoms with Gasteiger partial charge in [0.05, 0.1) is 11.8 Å². The van der Waals surface area contributed by atoms with E-state index in [1.807, 2.05) is 42.5 Å². The molecule has 30 heavy (non-hydrogen) atoms. The minimum Gasteiger partial charge on any atom is -0.490 e. The predicted octanol–water partition coefficient (Wildman–Crippen LogP) is 6.26. The van der Waals surface area contributed by atoms with Gasteiger partial charge in [0, 0.05) is 22.0 Å². The van der Waals surface area contributed by atoms with Crippen molar-refractivity contribution in [3.63, 3.8) is 0 Å². The summed E-state index contributed by atoms with van der Waals surface area (Å²) in [5.74, 6) is 1.71. The molecule has 0 bridgehead atoms. The van der Waals surface area contributed by atoms with Crippen LogP contribution in [-0.4, -0.2) is 17.3 Å². The van der Waals surface area contributed by atoms with Gasteiger partial charge in [-0.05, 0) is 48.0 Å². The monoisotopic (exact) mass is 460 g/mol. The molecule has 5 heteroatoms. The maximum atomic E-state index is 6.43. The third-order valence-corrected chi connectivity index (χ3v) is 5.89. The minimum absolute atomic E-state index is 0.128. The first-order valence-corrected chi connectivity index (χ1v) is 10.7. The Morgan fingerprint density at radius 2 is 1.90 bits per heavy atom. The molecule has 0 amide bonds. The summed E-state index contributed by atoms with van der Waals surface area (Å²) in [5, 5.41) is 7.10. The highest BCUT2D eigenvalue weighted by molar-refractivity contribution is 9.10. The minimum atomic E-state index is -0.293. The van der Waals surface area contributed by atoms with Gasteiger partial charge in [0.15, 0.2) is 0 Å². The fourth-order valence-electron chi connectivity index (χ4n) is 3.97. The molecule has 2 aliphatic heterocycles. The number of rotatable bonds is 5. The van der Waals surface area contributed by atoms with Crippen LogP contribution < -0.4 is 9.47 Å². The number of benzene rings is 3. The summed E-state index contributed by atoms with van der Waals surface area (Å²) in [7, 11) is 0. The van der Waals surface area contributed by atoms with Gasteiger partial charge in [-0.15, -0.1) is 0 Å². The van der Waals surface area contributed by atoms with E-state index in [1.54, 1.807) is 6.08 Å². The summed E-state index contributed by atoms with van der Waals surface area (Å²) in [4.78, 5) is 0. The molecule has 0 N–H and O–H groups in total. The Morgan fingerprint density at radius 1 is 1.10 bits per heavy atom. The number of fused-ring (bicyclic) bond motifs is 3. The largest absolute Gasteiger partial charge is 0.490 e. The van der Waals surface area contributed by atoms with Gasteiger partial charge >= 0.3 is 0 Å². The van der Waals surface area contributed by atoms with Crippen molar-refractivity contribution in [3.8, 4) is 11.5 Å². The van der Waals surface area contributed by atoms with Gasteiger partial charge in [-0.2, -0.15) is 5.10 Å². The second-order valence-electron chi connectivity index (χ2n) is 7.33. The van der Waals surface area contributed by atoms with Crippen LogP contribution in [0.3, 0.4) is 0 Å². The molecule has 0 aromatic heterocycles. The fraction of sp³-hybridized carbons (Fsp3) is 0.160. The Bertz CT molecular complexity index is 1100. The van der Waals surface area contributed by atoms with E-state index < -0.39 is 0 Å². The lowest BCUT2D eigenvalue weighted by atomic mass is 9.96. The zero-order chi connectivity index (χ0) is 20.5. The van der Waals surface area contributed by atoms with Crippen molar-refractivity contribution in [3.05, 3.63) is 107 Å². The van der Waals surface area contributed by atoms with Crippen LogP contribution in [0.25, 0.3) is 0 Å². The number of hydrogen-bond acceptors (Lipinski definition) is 4. The van der Waals surface area contributed by atoms with Crippen LogP contribution in [0.15, 0.2) is 95.0 Å². The molecule has 0 fully saturated rings. The predicted molar refractivity (Wildman–Crippen MR) is 122 cm³/mol. The van der Waals surface area contributed by atoms with E-state index in [-0.39, 0.29) is 12.3 Å². The lowest BCUT2D eigenvalue weighted by Crippen LogP contribution is -2.33. The maximum Gasteiger partial charge on any atom is 0.213 e. The Labute approximate surface area is 184 Å². The third-order valence-electron chi connectivity index (χ3n) is 5.39. The number of hydrogen-bond donors (Lipinski definition) is 0. The molecule has 2 aliphatic rings. The lowest BCUT2D eigenvalue weighted by molar-refractivity contribution is -0.0191. The average Bonchev–Trinajstić information content (AvgIpc) is 3.24. The molecule has 0 radical (unpaired) electrons. The zero-order valence-electron chi connectivity index (χ0n) is 16.4. The number of nitrogens with zero attached hydrogens (tertiary/aromatic N) is 2. The van der Waals surface area contributed by atoms with Gasteiger partial charge in [-0.1, -0.05) is 58.9 Å². The van der Waals surface area contributed by atoms with Crippen molar-refractivity contribution < 1.29 is 9.47 Å². The summed E-state index contributed by atoms with van der Waals surface area (Å²) < 4.78 is 13.1. The Balaban J connectivity index is 1.53. The van der Waals surface area contributed by atoms with Crippen molar-refractivity contribution in [2.45, 2.75) is 18.7 Å². The Morgan fingerprint density at radius 3 is 2.67 bits per heavy atom. The Hall–Kier alpha value is -3.05. The lowest BCUT2D eigenvalue weighted by Gasteiger charge is -2.38. The molecular formula is C25H21BrN2O2. The van der Waals surface area contributed by atoms with Crippen molar-refractivity contribution in [2.75, 3.05) is 6.61 Å². The van der Waals surface area contributed by atoms with Crippen LogP contribution in [0.4, 0.5) is 0 Å². The molecule has 150 valence electrons. The van der Waals surface area contributed by atoms with E-state index in [9.17, 15) is 0 Å². The zero-order valence-corrected chi connectivity index (χ0v) is 18.0. The van der Waals surface area contributed by atoms with Crippen LogP contribution >= 0.6 is 15.9 Å². The molecule has 2 heterocycles. The van der Waals surface area contributed by atoms with Gasteiger partial charge in [0.1, 0.15) is 18.1 Å². The highest BCUT2D eigenvalue weighted by atomic mass is 79.9. The van der Waals surface area contributed by atoms with Gasteiger partial charge in [-0.3, -0.25) is 0 Å². The molecule has 4 nitrogen and oxygen atoms in total. The van der Waals surface area contributed by atoms with E-state index in [0.29, 0.717) is 6.61 Å². The first-order valence-electron chi connectivity index (χ1n) is 9.94. The molecule has 3 aromatic carbocycles. The van der Waals surface area contributed by atoms with E-state index in [2.05, 4.69) is 57.8 Å². The first kappa shape index (κ1) is 18.9. The van der Waals surface area contributed by atoms with Crippen LogP contribution in [0.2, 0.25) is 0 Å².